The Morgan fingerprint density at radius 1 is 1.16 bits per heavy atom. The van der Waals surface area contributed by atoms with Crippen LogP contribution in [0.3, 0.4) is 0 Å². The topological polar surface area (TPSA) is 84.9 Å². The van der Waals surface area contributed by atoms with Gasteiger partial charge >= 0.3 is 0 Å². The summed E-state index contributed by atoms with van der Waals surface area (Å²) >= 11 is 0. The largest absolute Gasteiger partial charge is 0.489 e. The van der Waals surface area contributed by atoms with Crippen molar-refractivity contribution in [1.29, 1.82) is 0 Å². The van der Waals surface area contributed by atoms with Gasteiger partial charge in [-0.2, -0.15) is 0 Å². The Balaban J connectivity index is 1.75. The van der Waals surface area contributed by atoms with Crippen molar-refractivity contribution >= 4 is 27.3 Å². The number of carbonyl (C=O) groups is 1. The number of hydrogen-bond acceptors (Lipinski definition) is 5. The molecule has 0 unspecified atom stereocenters. The number of para-hydroxylation sites is 2. The molecule has 8 heteroatoms. The summed E-state index contributed by atoms with van der Waals surface area (Å²) in [6, 6.07) is 11.5. The second kappa shape index (κ2) is 5.66. The first kappa shape index (κ1) is 15.8. The van der Waals surface area contributed by atoms with E-state index in [-0.39, 0.29) is 24.0 Å². The van der Waals surface area contributed by atoms with E-state index in [2.05, 4.69) is 5.32 Å². The predicted molar refractivity (Wildman–Crippen MR) is 91.6 cm³/mol. The molecule has 0 aromatic heterocycles. The Morgan fingerprint density at radius 3 is 2.80 bits per heavy atom. The molecule has 0 bridgehead atoms. The van der Waals surface area contributed by atoms with Crippen LogP contribution in [-0.2, 0) is 14.8 Å². The van der Waals surface area contributed by atoms with Gasteiger partial charge in [0, 0.05) is 0 Å². The highest BCUT2D eigenvalue weighted by Crippen LogP contribution is 2.37. The van der Waals surface area contributed by atoms with Crippen molar-refractivity contribution < 1.29 is 22.7 Å². The van der Waals surface area contributed by atoms with Gasteiger partial charge in [-0.05, 0) is 37.3 Å². The molecule has 0 spiro atoms. The number of anilines is 2. The lowest BCUT2D eigenvalue weighted by Crippen LogP contribution is -2.38. The third-order valence-electron chi connectivity index (χ3n) is 4.16. The zero-order chi connectivity index (χ0) is 17.6. The number of fused-ring (bicyclic) bond motifs is 2. The molecule has 25 heavy (non-hydrogen) atoms. The van der Waals surface area contributed by atoms with E-state index in [1.807, 2.05) is 0 Å². The first-order valence-corrected chi connectivity index (χ1v) is 9.27. The van der Waals surface area contributed by atoms with Gasteiger partial charge in [-0.3, -0.25) is 9.10 Å². The first-order chi connectivity index (χ1) is 12.0. The van der Waals surface area contributed by atoms with Gasteiger partial charge in [-0.1, -0.05) is 12.1 Å². The highest BCUT2D eigenvalue weighted by molar-refractivity contribution is 7.92. The van der Waals surface area contributed by atoms with Crippen molar-refractivity contribution in [2.75, 3.05) is 22.8 Å². The van der Waals surface area contributed by atoms with Crippen LogP contribution in [0, 0.1) is 0 Å². The molecule has 0 radical (unpaired) electrons. The van der Waals surface area contributed by atoms with Crippen LogP contribution in [0.25, 0.3) is 0 Å². The molecule has 0 fully saturated rings. The number of rotatable bonds is 2. The van der Waals surface area contributed by atoms with Gasteiger partial charge in [0.2, 0.25) is 0 Å². The number of sulfonamides is 1. The highest BCUT2D eigenvalue weighted by atomic mass is 32.2. The first-order valence-electron chi connectivity index (χ1n) is 7.83. The van der Waals surface area contributed by atoms with Gasteiger partial charge in [0.15, 0.2) is 6.10 Å². The molecule has 1 N–H and O–H groups in total. The number of hydrogen-bond donors (Lipinski definition) is 1. The molecule has 7 nitrogen and oxygen atoms in total. The van der Waals surface area contributed by atoms with Gasteiger partial charge in [0.05, 0.1) is 22.8 Å². The fourth-order valence-corrected chi connectivity index (χ4v) is 4.36. The summed E-state index contributed by atoms with van der Waals surface area (Å²) in [5.41, 5.74) is 0.853. The molecule has 2 aliphatic rings. The molecule has 130 valence electrons. The Morgan fingerprint density at radius 2 is 1.96 bits per heavy atom. The summed E-state index contributed by atoms with van der Waals surface area (Å²) in [5, 5.41) is 2.67. The smallest absolute Gasteiger partial charge is 0.265 e. The lowest BCUT2D eigenvalue weighted by atomic mass is 10.2. The van der Waals surface area contributed by atoms with Crippen LogP contribution in [0.4, 0.5) is 11.4 Å². The molecule has 2 aliphatic heterocycles. The van der Waals surface area contributed by atoms with Crippen LogP contribution < -0.4 is 19.1 Å². The maximum atomic E-state index is 13.1. The van der Waals surface area contributed by atoms with Crippen molar-refractivity contribution in [2.24, 2.45) is 0 Å². The molecule has 0 saturated carbocycles. The monoisotopic (exact) mass is 360 g/mol. The number of nitrogens with zero attached hydrogens (tertiary/aromatic N) is 1. The van der Waals surface area contributed by atoms with E-state index >= 15 is 0 Å². The number of benzene rings is 2. The van der Waals surface area contributed by atoms with Crippen LogP contribution in [0.1, 0.15) is 6.92 Å². The quantitative estimate of drug-likeness (QED) is 0.885. The number of carbonyl (C=O) groups excluding carboxylic acids is 1. The van der Waals surface area contributed by atoms with Crippen molar-refractivity contribution in [3.63, 3.8) is 0 Å². The Bertz CT molecular complexity index is 957. The Kier molecular flexibility index (Phi) is 3.57. The molecule has 0 aliphatic carbocycles. The third-order valence-corrected chi connectivity index (χ3v) is 5.96. The summed E-state index contributed by atoms with van der Waals surface area (Å²) in [7, 11) is -3.79. The van der Waals surface area contributed by atoms with Gasteiger partial charge in [-0.15, -0.1) is 0 Å². The normalized spacial score (nSPS) is 19.2. The summed E-state index contributed by atoms with van der Waals surface area (Å²) in [6.07, 6.45) is -0.610. The molecule has 2 aromatic rings. The summed E-state index contributed by atoms with van der Waals surface area (Å²) in [5.74, 6) is 0.674. The van der Waals surface area contributed by atoms with E-state index in [9.17, 15) is 13.2 Å². The fraction of sp³-hybridized carbons (Fsp3) is 0.235. The maximum Gasteiger partial charge on any atom is 0.265 e. The lowest BCUT2D eigenvalue weighted by Gasteiger charge is -2.31. The van der Waals surface area contributed by atoms with E-state index in [1.54, 1.807) is 37.3 Å². The standard InChI is InChI=1S/C17H16N2O5S/c1-11-17(20)18-13-10-12(6-7-15(13)24-11)25(21,22)19-8-9-23-16-5-3-2-4-14(16)19/h2-7,10-11H,8-9H2,1H3,(H,18,20)/t11-/m0/s1. The molecule has 4 rings (SSSR count). The fourth-order valence-electron chi connectivity index (χ4n) is 2.87. The minimum atomic E-state index is -3.79. The minimum absolute atomic E-state index is 0.0846. The van der Waals surface area contributed by atoms with Gasteiger partial charge in [0.1, 0.15) is 18.1 Å². The van der Waals surface area contributed by atoms with Crippen molar-refractivity contribution in [2.45, 2.75) is 17.9 Å². The number of ether oxygens (including phenoxy) is 2. The summed E-state index contributed by atoms with van der Waals surface area (Å²) in [6.45, 7) is 2.13. The molecule has 0 saturated heterocycles. The van der Waals surface area contributed by atoms with E-state index in [1.165, 1.54) is 16.4 Å². The van der Waals surface area contributed by atoms with E-state index in [4.69, 9.17) is 9.47 Å². The lowest BCUT2D eigenvalue weighted by molar-refractivity contribution is -0.122. The van der Waals surface area contributed by atoms with Crippen molar-refractivity contribution in [3.05, 3.63) is 42.5 Å². The van der Waals surface area contributed by atoms with E-state index in [0.717, 1.165) is 0 Å². The Hall–Kier alpha value is -2.74. The molecule has 2 heterocycles. The average Bonchev–Trinajstić information content (AvgIpc) is 2.61. The van der Waals surface area contributed by atoms with Gasteiger partial charge < -0.3 is 14.8 Å². The van der Waals surface area contributed by atoms with E-state index < -0.39 is 16.1 Å². The minimum Gasteiger partial charge on any atom is -0.489 e. The van der Waals surface area contributed by atoms with Crippen LogP contribution >= 0.6 is 0 Å². The number of amides is 1. The second-order valence-electron chi connectivity index (χ2n) is 5.80. The zero-order valence-corrected chi connectivity index (χ0v) is 14.2. The molecular weight excluding hydrogens is 344 g/mol. The third kappa shape index (κ3) is 2.58. The molecule has 2 aromatic carbocycles. The highest BCUT2D eigenvalue weighted by Gasteiger charge is 2.32. The van der Waals surface area contributed by atoms with Crippen LogP contribution in [0.2, 0.25) is 0 Å². The van der Waals surface area contributed by atoms with Crippen LogP contribution in [0.15, 0.2) is 47.4 Å². The molecule has 1 amide bonds. The molecule has 1 atom stereocenters. The van der Waals surface area contributed by atoms with Crippen molar-refractivity contribution in [3.8, 4) is 11.5 Å². The summed E-state index contributed by atoms with van der Waals surface area (Å²) in [4.78, 5) is 11.9. The van der Waals surface area contributed by atoms with Gasteiger partial charge in [0.25, 0.3) is 15.9 Å². The maximum absolute atomic E-state index is 13.1. The Labute approximate surface area is 145 Å². The van der Waals surface area contributed by atoms with Gasteiger partial charge in [-0.25, -0.2) is 8.42 Å². The zero-order valence-electron chi connectivity index (χ0n) is 13.4. The SMILES string of the molecule is C[C@@H]1Oc2ccc(S(=O)(=O)N3CCOc4ccccc43)cc2NC1=O. The van der Waals surface area contributed by atoms with E-state index in [0.29, 0.717) is 22.9 Å². The van der Waals surface area contributed by atoms with Crippen LogP contribution in [-0.4, -0.2) is 33.6 Å². The average molecular weight is 360 g/mol. The summed E-state index contributed by atoms with van der Waals surface area (Å²) < 4.78 is 38.5. The van der Waals surface area contributed by atoms with Crippen LogP contribution in [0.5, 0.6) is 11.5 Å². The van der Waals surface area contributed by atoms with Crippen molar-refractivity contribution in [1.82, 2.24) is 0 Å². The predicted octanol–water partition coefficient (Wildman–Crippen LogP) is 1.99. The molecular formula is C17H16N2O5S. The second-order valence-corrected chi connectivity index (χ2v) is 7.66. The number of nitrogens with one attached hydrogen (secondary N) is 1.